The fraction of sp³-hybridized carbons (Fsp3) is 0.211. The summed E-state index contributed by atoms with van der Waals surface area (Å²) in [6.07, 6.45) is 5.80. The molecule has 2 heterocycles. The molecule has 0 spiro atoms. The Morgan fingerprint density at radius 1 is 1.00 bits per heavy atom. The number of pyridine rings is 1. The number of nitrogens with one attached hydrogen (secondary N) is 1. The van der Waals surface area contributed by atoms with Crippen LogP contribution in [0.1, 0.15) is 41.9 Å². The molecule has 24 heavy (non-hydrogen) atoms. The van der Waals surface area contributed by atoms with Gasteiger partial charge in [-0.2, -0.15) is 0 Å². The van der Waals surface area contributed by atoms with Gasteiger partial charge in [0, 0.05) is 18.3 Å². The van der Waals surface area contributed by atoms with Gasteiger partial charge < -0.3 is 5.32 Å². The average molecular weight is 320 g/mol. The largest absolute Gasteiger partial charge is 0.357 e. The number of hydrogen-bond acceptors (Lipinski definition) is 4. The van der Waals surface area contributed by atoms with E-state index >= 15 is 0 Å². The summed E-state index contributed by atoms with van der Waals surface area (Å²) in [7, 11) is 0. The molecule has 1 saturated carbocycles. The van der Waals surface area contributed by atoms with E-state index in [2.05, 4.69) is 20.3 Å². The SMILES string of the molecule is Fc1cccc(C(Nc2ccnc(C3CC3)n2)c2ccccn2)c1. The second kappa shape index (κ2) is 6.35. The Labute approximate surface area is 139 Å². The number of nitrogens with zero attached hydrogens (tertiary/aromatic N) is 3. The molecule has 0 bridgehead atoms. The molecule has 0 radical (unpaired) electrons. The van der Waals surface area contributed by atoms with Crippen molar-refractivity contribution in [3.8, 4) is 0 Å². The maximum absolute atomic E-state index is 13.7. The van der Waals surface area contributed by atoms with Crippen molar-refractivity contribution in [1.82, 2.24) is 15.0 Å². The quantitative estimate of drug-likeness (QED) is 0.769. The molecule has 2 aromatic heterocycles. The predicted molar refractivity (Wildman–Crippen MR) is 90.1 cm³/mol. The molecule has 1 fully saturated rings. The summed E-state index contributed by atoms with van der Waals surface area (Å²) in [6, 6.07) is 13.8. The lowest BCUT2D eigenvalue weighted by molar-refractivity contribution is 0.624. The fourth-order valence-corrected chi connectivity index (χ4v) is 2.70. The van der Waals surface area contributed by atoms with Crippen LogP contribution in [-0.4, -0.2) is 15.0 Å². The van der Waals surface area contributed by atoms with E-state index in [0.29, 0.717) is 5.92 Å². The molecular formula is C19H17FN4. The van der Waals surface area contributed by atoms with Gasteiger partial charge in [0.15, 0.2) is 0 Å². The molecule has 120 valence electrons. The zero-order valence-corrected chi connectivity index (χ0v) is 13.1. The van der Waals surface area contributed by atoms with Gasteiger partial charge in [-0.15, -0.1) is 0 Å². The molecule has 0 saturated heterocycles. The first kappa shape index (κ1) is 14.8. The third-order valence-electron chi connectivity index (χ3n) is 4.07. The maximum Gasteiger partial charge on any atom is 0.133 e. The van der Waals surface area contributed by atoms with Crippen molar-refractivity contribution < 1.29 is 4.39 Å². The first-order valence-electron chi connectivity index (χ1n) is 8.05. The lowest BCUT2D eigenvalue weighted by Gasteiger charge is -2.19. The molecule has 1 aromatic carbocycles. The van der Waals surface area contributed by atoms with E-state index in [1.54, 1.807) is 18.5 Å². The molecule has 0 amide bonds. The van der Waals surface area contributed by atoms with Gasteiger partial charge in [0.1, 0.15) is 17.5 Å². The van der Waals surface area contributed by atoms with Gasteiger partial charge in [-0.25, -0.2) is 14.4 Å². The second-order valence-electron chi connectivity index (χ2n) is 5.96. The topological polar surface area (TPSA) is 50.7 Å². The normalized spacial score (nSPS) is 15.0. The van der Waals surface area contributed by atoms with Gasteiger partial charge in [-0.05, 0) is 48.7 Å². The van der Waals surface area contributed by atoms with E-state index in [4.69, 9.17) is 0 Å². The van der Waals surface area contributed by atoms with Crippen LogP contribution in [0.15, 0.2) is 60.9 Å². The van der Waals surface area contributed by atoms with Crippen LogP contribution < -0.4 is 5.32 Å². The minimum atomic E-state index is -0.274. The Hall–Kier alpha value is -2.82. The Morgan fingerprint density at radius 3 is 2.67 bits per heavy atom. The Morgan fingerprint density at radius 2 is 1.92 bits per heavy atom. The van der Waals surface area contributed by atoms with Crippen LogP contribution in [0.3, 0.4) is 0 Å². The average Bonchev–Trinajstić information content (AvgIpc) is 3.46. The van der Waals surface area contributed by atoms with Gasteiger partial charge in [0.2, 0.25) is 0 Å². The molecule has 3 aromatic rings. The molecule has 1 aliphatic carbocycles. The van der Waals surface area contributed by atoms with Gasteiger partial charge in [-0.3, -0.25) is 4.98 Å². The zero-order chi connectivity index (χ0) is 16.4. The lowest BCUT2D eigenvalue weighted by Crippen LogP contribution is -2.15. The van der Waals surface area contributed by atoms with Crippen LogP contribution >= 0.6 is 0 Å². The highest BCUT2D eigenvalue weighted by atomic mass is 19.1. The van der Waals surface area contributed by atoms with Crippen molar-refractivity contribution in [3.63, 3.8) is 0 Å². The number of rotatable bonds is 5. The van der Waals surface area contributed by atoms with Crippen molar-refractivity contribution in [2.45, 2.75) is 24.8 Å². The highest BCUT2D eigenvalue weighted by Gasteiger charge is 2.27. The van der Waals surface area contributed by atoms with Crippen molar-refractivity contribution in [2.24, 2.45) is 0 Å². The summed E-state index contributed by atoms with van der Waals surface area (Å²) in [5.74, 6) is 1.82. The lowest BCUT2D eigenvalue weighted by atomic mass is 10.0. The molecular weight excluding hydrogens is 303 g/mol. The third-order valence-corrected chi connectivity index (χ3v) is 4.07. The van der Waals surface area contributed by atoms with Crippen LogP contribution in [0, 0.1) is 5.82 Å². The Kier molecular flexibility index (Phi) is 3.91. The molecule has 1 aliphatic rings. The molecule has 4 nitrogen and oxygen atoms in total. The predicted octanol–water partition coefficient (Wildman–Crippen LogP) is 4.09. The Balaban J connectivity index is 1.69. The first-order valence-corrected chi connectivity index (χ1v) is 8.05. The number of hydrogen-bond donors (Lipinski definition) is 1. The standard InChI is InChI=1S/C19H17FN4/c20-15-5-3-4-14(12-15)18(16-6-1-2-10-21-16)23-17-9-11-22-19(24-17)13-7-8-13/h1-6,9-13,18H,7-8H2,(H,22,23,24). The van der Waals surface area contributed by atoms with Crippen LogP contribution in [0.25, 0.3) is 0 Å². The van der Waals surface area contributed by atoms with E-state index in [1.807, 2.05) is 30.3 Å². The van der Waals surface area contributed by atoms with Crippen molar-refractivity contribution in [2.75, 3.05) is 5.32 Å². The summed E-state index contributed by atoms with van der Waals surface area (Å²) in [6.45, 7) is 0. The van der Waals surface area contributed by atoms with Crippen LogP contribution in [-0.2, 0) is 0 Å². The van der Waals surface area contributed by atoms with Crippen molar-refractivity contribution in [1.29, 1.82) is 0 Å². The molecule has 5 heteroatoms. The smallest absolute Gasteiger partial charge is 0.133 e. The highest BCUT2D eigenvalue weighted by molar-refractivity contribution is 5.42. The summed E-state index contributed by atoms with van der Waals surface area (Å²) >= 11 is 0. The van der Waals surface area contributed by atoms with E-state index in [9.17, 15) is 4.39 Å². The number of halogens is 1. The van der Waals surface area contributed by atoms with Crippen LogP contribution in [0.2, 0.25) is 0 Å². The van der Waals surface area contributed by atoms with E-state index < -0.39 is 0 Å². The molecule has 0 aliphatic heterocycles. The molecule has 4 rings (SSSR count). The third kappa shape index (κ3) is 3.25. The summed E-state index contributed by atoms with van der Waals surface area (Å²) in [5, 5.41) is 3.38. The number of anilines is 1. The zero-order valence-electron chi connectivity index (χ0n) is 13.1. The summed E-state index contributed by atoms with van der Waals surface area (Å²) in [4.78, 5) is 13.4. The fourth-order valence-electron chi connectivity index (χ4n) is 2.70. The number of aromatic nitrogens is 3. The molecule has 1 atom stereocenters. The molecule has 1 N–H and O–H groups in total. The minimum Gasteiger partial charge on any atom is -0.357 e. The Bertz CT molecular complexity index is 834. The van der Waals surface area contributed by atoms with Crippen LogP contribution in [0.5, 0.6) is 0 Å². The van der Waals surface area contributed by atoms with Crippen molar-refractivity contribution in [3.05, 3.63) is 83.8 Å². The second-order valence-corrected chi connectivity index (χ2v) is 5.96. The van der Waals surface area contributed by atoms with E-state index in [1.165, 1.54) is 12.1 Å². The van der Waals surface area contributed by atoms with E-state index in [-0.39, 0.29) is 11.9 Å². The van der Waals surface area contributed by atoms with E-state index in [0.717, 1.165) is 35.7 Å². The molecule has 1 unspecified atom stereocenters. The minimum absolute atomic E-state index is 0.267. The van der Waals surface area contributed by atoms with Crippen LogP contribution in [0.4, 0.5) is 10.2 Å². The van der Waals surface area contributed by atoms with Crippen molar-refractivity contribution >= 4 is 5.82 Å². The highest BCUT2D eigenvalue weighted by Crippen LogP contribution is 2.38. The monoisotopic (exact) mass is 320 g/mol. The van der Waals surface area contributed by atoms with Gasteiger partial charge in [-0.1, -0.05) is 18.2 Å². The maximum atomic E-state index is 13.7. The van der Waals surface area contributed by atoms with Gasteiger partial charge >= 0.3 is 0 Å². The first-order chi connectivity index (χ1) is 11.8. The van der Waals surface area contributed by atoms with Gasteiger partial charge in [0.25, 0.3) is 0 Å². The summed E-state index contributed by atoms with van der Waals surface area (Å²) in [5.41, 5.74) is 1.62. The summed E-state index contributed by atoms with van der Waals surface area (Å²) < 4.78 is 13.7. The number of benzene rings is 1. The van der Waals surface area contributed by atoms with Gasteiger partial charge in [0.05, 0.1) is 11.7 Å².